The number of benzene rings is 2. The van der Waals surface area contributed by atoms with Gasteiger partial charge in [-0.2, -0.15) is 0 Å². The summed E-state index contributed by atoms with van der Waals surface area (Å²) >= 11 is 6.47. The molecule has 0 spiro atoms. The van der Waals surface area contributed by atoms with Crippen LogP contribution in [0.15, 0.2) is 30.3 Å². The second-order valence-electron chi connectivity index (χ2n) is 7.39. The van der Waals surface area contributed by atoms with E-state index in [9.17, 15) is 9.90 Å². The lowest BCUT2D eigenvalue weighted by atomic mass is 9.94. The third kappa shape index (κ3) is 6.42. The number of halogens is 1. The second-order valence-corrected chi connectivity index (χ2v) is 8.01. The van der Waals surface area contributed by atoms with Crippen LogP contribution in [0, 0.1) is 0 Å². The van der Waals surface area contributed by atoms with Gasteiger partial charge in [0.1, 0.15) is 5.75 Å². The van der Waals surface area contributed by atoms with Crippen molar-refractivity contribution >= 4 is 28.3 Å². The van der Waals surface area contributed by atoms with Gasteiger partial charge in [-0.15, -0.1) is 11.6 Å². The van der Waals surface area contributed by atoms with Crippen molar-refractivity contribution in [2.45, 2.75) is 76.5 Å². The fraction of sp³-hybridized carbons (Fsp3) is 0.522. The maximum atomic E-state index is 11.9. The normalized spacial score (nSPS) is 12.4. The molecule has 0 radical (unpaired) electrons. The second kappa shape index (κ2) is 11.2. The average molecular weight is 390 g/mol. The third-order valence-corrected chi connectivity index (χ3v) is 5.62. The largest absolute Gasteiger partial charge is 0.506 e. The van der Waals surface area contributed by atoms with E-state index in [0.29, 0.717) is 11.8 Å². The van der Waals surface area contributed by atoms with Gasteiger partial charge in [0.15, 0.2) is 0 Å². The van der Waals surface area contributed by atoms with Crippen molar-refractivity contribution in [1.29, 1.82) is 0 Å². The summed E-state index contributed by atoms with van der Waals surface area (Å²) in [5.74, 6) is -0.590. The van der Waals surface area contributed by atoms with Gasteiger partial charge in [-0.3, -0.25) is 4.79 Å². The van der Waals surface area contributed by atoms with E-state index in [2.05, 4.69) is 6.92 Å². The maximum Gasteiger partial charge on any atom is 0.252 e. The molecular weight excluding hydrogens is 358 g/mol. The molecule has 148 valence electrons. The van der Waals surface area contributed by atoms with E-state index in [1.807, 2.05) is 24.3 Å². The number of nitrogens with two attached hydrogens (primary N) is 1. The minimum atomic E-state index is -0.581. The van der Waals surface area contributed by atoms with Gasteiger partial charge in [0.05, 0.1) is 5.56 Å². The number of carbonyl (C=O) groups is 1. The number of fused-ring (bicyclic) bond motifs is 1. The zero-order valence-electron chi connectivity index (χ0n) is 16.3. The van der Waals surface area contributed by atoms with Gasteiger partial charge in [0.2, 0.25) is 0 Å². The van der Waals surface area contributed by atoms with Crippen molar-refractivity contribution < 1.29 is 9.90 Å². The molecule has 0 aromatic heterocycles. The summed E-state index contributed by atoms with van der Waals surface area (Å²) in [5.41, 5.74) is 6.58. The summed E-state index contributed by atoms with van der Waals surface area (Å²) in [6.07, 6.45) is 11.2. The highest BCUT2D eigenvalue weighted by atomic mass is 35.5. The molecule has 0 saturated heterocycles. The van der Waals surface area contributed by atoms with Crippen molar-refractivity contribution in [1.82, 2.24) is 0 Å². The molecule has 0 saturated carbocycles. The number of alkyl halides is 1. The Hall–Kier alpha value is -1.74. The Morgan fingerprint density at radius 2 is 1.74 bits per heavy atom. The Bertz CT molecular complexity index is 744. The number of carbonyl (C=O) groups excluding carboxylic acids is 1. The van der Waals surface area contributed by atoms with E-state index in [1.165, 1.54) is 38.5 Å². The lowest BCUT2D eigenvalue weighted by Crippen LogP contribution is -2.14. The molecule has 2 rings (SSSR count). The number of unbranched alkanes of at least 4 members (excludes halogenated alkanes) is 5. The van der Waals surface area contributed by atoms with Crippen LogP contribution < -0.4 is 5.73 Å². The number of rotatable bonds is 12. The smallest absolute Gasteiger partial charge is 0.252 e. The first kappa shape index (κ1) is 21.6. The Labute approximate surface area is 167 Å². The molecule has 3 N–H and O–H groups in total. The zero-order valence-corrected chi connectivity index (χ0v) is 17.1. The number of aromatic hydroxyl groups is 1. The molecule has 0 fully saturated rings. The minimum absolute atomic E-state index is 0.00916. The first-order valence-electron chi connectivity index (χ1n) is 10.2. The topological polar surface area (TPSA) is 63.3 Å². The number of amides is 1. The standard InChI is InChI=1S/C23H32ClNO2/c1-2-3-4-5-6-7-13-19(24)14-10-12-18-16-17-11-8-9-15-20(17)22(26)21(18)23(25)27/h8-9,11,15-16,19,26H,2-7,10,12-14H2,1H3,(H2,25,27). The number of aryl methyl sites for hydroxylation is 1. The van der Waals surface area contributed by atoms with Crippen molar-refractivity contribution in [3.05, 3.63) is 41.5 Å². The predicted molar refractivity (Wildman–Crippen MR) is 115 cm³/mol. The van der Waals surface area contributed by atoms with E-state index in [0.717, 1.165) is 30.2 Å². The third-order valence-electron chi connectivity index (χ3n) is 5.18. The van der Waals surface area contributed by atoms with Crippen LogP contribution in [0.4, 0.5) is 0 Å². The van der Waals surface area contributed by atoms with E-state index in [1.54, 1.807) is 6.07 Å². The Morgan fingerprint density at radius 3 is 2.48 bits per heavy atom. The molecule has 2 aromatic carbocycles. The Balaban J connectivity index is 1.89. The molecule has 4 heteroatoms. The van der Waals surface area contributed by atoms with Crippen molar-refractivity contribution in [3.8, 4) is 5.75 Å². The molecule has 3 nitrogen and oxygen atoms in total. The fourth-order valence-corrected chi connectivity index (χ4v) is 3.97. The molecule has 0 bridgehead atoms. The highest BCUT2D eigenvalue weighted by molar-refractivity contribution is 6.20. The molecule has 1 atom stereocenters. The van der Waals surface area contributed by atoms with E-state index >= 15 is 0 Å². The Kier molecular flexibility index (Phi) is 8.93. The van der Waals surface area contributed by atoms with Crippen molar-refractivity contribution in [3.63, 3.8) is 0 Å². The Morgan fingerprint density at radius 1 is 1.07 bits per heavy atom. The summed E-state index contributed by atoms with van der Waals surface area (Å²) in [7, 11) is 0. The molecule has 1 unspecified atom stereocenters. The fourth-order valence-electron chi connectivity index (χ4n) is 3.66. The van der Waals surface area contributed by atoms with Crippen molar-refractivity contribution in [2.75, 3.05) is 0 Å². The predicted octanol–water partition coefficient (Wildman–Crippen LogP) is 6.33. The molecular formula is C23H32ClNO2. The molecule has 2 aromatic rings. The van der Waals surface area contributed by atoms with Crippen LogP contribution in [0.2, 0.25) is 0 Å². The van der Waals surface area contributed by atoms with Crippen molar-refractivity contribution in [2.24, 2.45) is 5.73 Å². The van der Waals surface area contributed by atoms with Crippen LogP contribution in [-0.2, 0) is 6.42 Å². The van der Waals surface area contributed by atoms with E-state index in [-0.39, 0.29) is 16.7 Å². The molecule has 27 heavy (non-hydrogen) atoms. The monoisotopic (exact) mass is 389 g/mol. The highest BCUT2D eigenvalue weighted by Gasteiger charge is 2.17. The highest BCUT2D eigenvalue weighted by Crippen LogP contribution is 2.32. The van der Waals surface area contributed by atoms with Crippen LogP contribution in [-0.4, -0.2) is 16.4 Å². The summed E-state index contributed by atoms with van der Waals surface area (Å²) in [4.78, 5) is 11.9. The lowest BCUT2D eigenvalue weighted by Gasteiger charge is -2.13. The zero-order chi connectivity index (χ0) is 19.6. The first-order chi connectivity index (χ1) is 13.0. The van der Waals surface area contributed by atoms with Gasteiger partial charge in [-0.25, -0.2) is 0 Å². The number of phenols is 1. The lowest BCUT2D eigenvalue weighted by molar-refractivity contribution is 0.0997. The summed E-state index contributed by atoms with van der Waals surface area (Å²) < 4.78 is 0. The van der Waals surface area contributed by atoms with Crippen LogP contribution >= 0.6 is 11.6 Å². The van der Waals surface area contributed by atoms with Crippen LogP contribution in [0.1, 0.15) is 80.6 Å². The van der Waals surface area contributed by atoms with E-state index < -0.39 is 5.91 Å². The minimum Gasteiger partial charge on any atom is -0.506 e. The van der Waals surface area contributed by atoms with Gasteiger partial charge in [-0.05, 0) is 36.6 Å². The quantitative estimate of drug-likeness (QED) is 0.329. The molecule has 1 amide bonds. The van der Waals surface area contributed by atoms with Crippen LogP contribution in [0.3, 0.4) is 0 Å². The number of hydrogen-bond donors (Lipinski definition) is 2. The average Bonchev–Trinajstić information content (AvgIpc) is 2.64. The molecule has 0 aliphatic heterocycles. The molecule has 0 heterocycles. The SMILES string of the molecule is CCCCCCCCC(Cl)CCCc1cc2ccccc2c(O)c1C(N)=O. The maximum absolute atomic E-state index is 11.9. The van der Waals surface area contributed by atoms with Crippen LogP contribution in [0.25, 0.3) is 10.8 Å². The van der Waals surface area contributed by atoms with Gasteiger partial charge in [-0.1, -0.05) is 75.8 Å². The van der Waals surface area contributed by atoms with Gasteiger partial charge >= 0.3 is 0 Å². The summed E-state index contributed by atoms with van der Waals surface area (Å²) in [6, 6.07) is 9.46. The van der Waals surface area contributed by atoms with Crippen LogP contribution in [0.5, 0.6) is 5.75 Å². The van der Waals surface area contributed by atoms with Gasteiger partial charge in [0.25, 0.3) is 5.91 Å². The van der Waals surface area contributed by atoms with Gasteiger partial charge in [0, 0.05) is 10.8 Å². The van der Waals surface area contributed by atoms with Gasteiger partial charge < -0.3 is 10.8 Å². The molecule has 0 aliphatic carbocycles. The summed E-state index contributed by atoms with van der Waals surface area (Å²) in [5, 5.41) is 12.2. The number of primary amides is 1. The van der Waals surface area contributed by atoms with E-state index in [4.69, 9.17) is 17.3 Å². The summed E-state index contributed by atoms with van der Waals surface area (Å²) in [6.45, 7) is 2.23. The first-order valence-corrected chi connectivity index (χ1v) is 10.7. The molecule has 0 aliphatic rings. The number of hydrogen-bond acceptors (Lipinski definition) is 2.